The lowest BCUT2D eigenvalue weighted by Gasteiger charge is -1.98. The van der Waals surface area contributed by atoms with Crippen LogP contribution in [0.15, 0.2) is 35.3 Å². The summed E-state index contributed by atoms with van der Waals surface area (Å²) in [5.41, 5.74) is 1.52. The van der Waals surface area contributed by atoms with Crippen LogP contribution in [0, 0.1) is 0 Å². The minimum absolute atomic E-state index is 0.0491. The van der Waals surface area contributed by atoms with Gasteiger partial charge in [0.2, 0.25) is 0 Å². The highest BCUT2D eigenvalue weighted by atomic mass is 79.9. The molecule has 2 aromatic rings. The maximum absolute atomic E-state index is 11.8. The summed E-state index contributed by atoms with van der Waals surface area (Å²) in [5.74, 6) is 0.0491. The van der Waals surface area contributed by atoms with Gasteiger partial charge in [-0.2, -0.15) is 5.10 Å². The highest BCUT2D eigenvalue weighted by molar-refractivity contribution is 9.10. The van der Waals surface area contributed by atoms with Gasteiger partial charge in [-0.15, -0.1) is 0 Å². The van der Waals surface area contributed by atoms with Gasteiger partial charge in [-0.1, -0.05) is 0 Å². The molecule has 0 amide bonds. The van der Waals surface area contributed by atoms with Crippen LogP contribution in [0.5, 0.6) is 0 Å². The fraction of sp³-hybridized carbons (Fsp3) is 0.182. The molecule has 82 valence electrons. The SMILES string of the molecule is Cn1cc(C(=O)Cc2cncc(Br)c2)cn1. The van der Waals surface area contributed by atoms with Crippen molar-refractivity contribution in [2.75, 3.05) is 0 Å². The zero-order valence-corrected chi connectivity index (χ0v) is 10.3. The molecule has 0 fully saturated rings. The number of hydrogen-bond donors (Lipinski definition) is 0. The van der Waals surface area contributed by atoms with Crippen molar-refractivity contribution in [3.05, 3.63) is 46.5 Å². The predicted octanol–water partition coefficient (Wildman–Crippen LogP) is 2.00. The third kappa shape index (κ3) is 2.55. The number of aromatic nitrogens is 3. The van der Waals surface area contributed by atoms with Crippen LogP contribution in [-0.2, 0) is 13.5 Å². The van der Waals surface area contributed by atoms with E-state index in [0.29, 0.717) is 12.0 Å². The van der Waals surface area contributed by atoms with E-state index in [0.717, 1.165) is 10.0 Å². The lowest BCUT2D eigenvalue weighted by molar-refractivity contribution is 0.0993. The molecule has 5 heteroatoms. The molecule has 0 bridgehead atoms. The van der Waals surface area contributed by atoms with Gasteiger partial charge in [0.15, 0.2) is 5.78 Å². The van der Waals surface area contributed by atoms with Crippen LogP contribution in [0.3, 0.4) is 0 Å². The fourth-order valence-electron chi connectivity index (χ4n) is 1.41. The second kappa shape index (κ2) is 4.57. The van der Waals surface area contributed by atoms with E-state index in [1.54, 1.807) is 36.5 Å². The number of nitrogens with zero attached hydrogens (tertiary/aromatic N) is 3. The van der Waals surface area contributed by atoms with E-state index in [1.807, 2.05) is 6.07 Å². The van der Waals surface area contributed by atoms with Crippen molar-refractivity contribution < 1.29 is 4.79 Å². The number of rotatable bonds is 3. The molecule has 2 rings (SSSR count). The maximum atomic E-state index is 11.8. The first-order valence-corrected chi connectivity index (χ1v) is 5.56. The van der Waals surface area contributed by atoms with Gasteiger partial charge in [0, 0.05) is 36.5 Å². The van der Waals surface area contributed by atoms with Gasteiger partial charge in [-0.25, -0.2) is 0 Å². The molecule has 4 nitrogen and oxygen atoms in total. The predicted molar refractivity (Wildman–Crippen MR) is 63.2 cm³/mol. The van der Waals surface area contributed by atoms with E-state index in [4.69, 9.17) is 0 Å². The van der Waals surface area contributed by atoms with Crippen molar-refractivity contribution in [3.8, 4) is 0 Å². The molecule has 0 saturated carbocycles. The Morgan fingerprint density at radius 3 is 2.88 bits per heavy atom. The summed E-state index contributed by atoms with van der Waals surface area (Å²) in [4.78, 5) is 15.9. The van der Waals surface area contributed by atoms with E-state index in [-0.39, 0.29) is 5.78 Å². The van der Waals surface area contributed by atoms with Crippen LogP contribution >= 0.6 is 15.9 Å². The third-order valence-electron chi connectivity index (χ3n) is 2.15. The minimum atomic E-state index is 0.0491. The second-order valence-electron chi connectivity index (χ2n) is 3.51. The van der Waals surface area contributed by atoms with Crippen LogP contribution in [0.1, 0.15) is 15.9 Å². The average molecular weight is 280 g/mol. The minimum Gasteiger partial charge on any atom is -0.294 e. The van der Waals surface area contributed by atoms with Gasteiger partial charge < -0.3 is 0 Å². The van der Waals surface area contributed by atoms with Crippen molar-refractivity contribution in [2.24, 2.45) is 7.05 Å². The number of ketones is 1. The molecular weight excluding hydrogens is 270 g/mol. The van der Waals surface area contributed by atoms with E-state index in [1.165, 1.54) is 0 Å². The monoisotopic (exact) mass is 279 g/mol. The van der Waals surface area contributed by atoms with Crippen molar-refractivity contribution in [3.63, 3.8) is 0 Å². The van der Waals surface area contributed by atoms with Gasteiger partial charge >= 0.3 is 0 Å². The maximum Gasteiger partial charge on any atom is 0.170 e. The first kappa shape index (κ1) is 11.0. The molecule has 16 heavy (non-hydrogen) atoms. The largest absolute Gasteiger partial charge is 0.294 e. The Hall–Kier alpha value is -1.49. The topological polar surface area (TPSA) is 47.8 Å². The number of halogens is 1. The summed E-state index contributed by atoms with van der Waals surface area (Å²) in [6.07, 6.45) is 7.02. The Labute approximate surface area is 101 Å². The Kier molecular flexibility index (Phi) is 3.14. The average Bonchev–Trinajstić information content (AvgIpc) is 2.65. The molecule has 0 unspecified atom stereocenters. The van der Waals surface area contributed by atoms with Gasteiger partial charge in [0.25, 0.3) is 0 Å². The molecule has 0 N–H and O–H groups in total. The van der Waals surface area contributed by atoms with Crippen molar-refractivity contribution in [1.82, 2.24) is 14.8 Å². The number of aryl methyl sites for hydroxylation is 1. The molecule has 0 aromatic carbocycles. The molecule has 0 aliphatic rings. The summed E-state index contributed by atoms with van der Waals surface area (Å²) < 4.78 is 2.50. The first-order valence-electron chi connectivity index (χ1n) is 4.76. The highest BCUT2D eigenvalue weighted by Gasteiger charge is 2.09. The normalized spacial score (nSPS) is 10.4. The quantitative estimate of drug-likeness (QED) is 0.808. The van der Waals surface area contributed by atoms with Crippen molar-refractivity contribution in [2.45, 2.75) is 6.42 Å². The molecular formula is C11H10BrN3O. The van der Waals surface area contributed by atoms with E-state index < -0.39 is 0 Å². The van der Waals surface area contributed by atoms with Crippen LogP contribution in [0.25, 0.3) is 0 Å². The zero-order valence-electron chi connectivity index (χ0n) is 8.72. The Morgan fingerprint density at radius 1 is 1.44 bits per heavy atom. The van der Waals surface area contributed by atoms with Crippen LogP contribution in [-0.4, -0.2) is 20.5 Å². The standard InChI is InChI=1S/C11H10BrN3O/c1-15-7-9(5-14-15)11(16)3-8-2-10(12)6-13-4-8/h2,4-7H,3H2,1H3. The lowest BCUT2D eigenvalue weighted by atomic mass is 10.1. The van der Waals surface area contributed by atoms with Crippen LogP contribution in [0.4, 0.5) is 0 Å². The van der Waals surface area contributed by atoms with Crippen LogP contribution < -0.4 is 0 Å². The number of hydrogen-bond acceptors (Lipinski definition) is 3. The number of Topliss-reactive ketones (excluding diaryl/α,β-unsaturated/α-hetero) is 1. The number of carbonyl (C=O) groups excluding carboxylic acids is 1. The molecule has 0 spiro atoms. The van der Waals surface area contributed by atoms with E-state index >= 15 is 0 Å². The van der Waals surface area contributed by atoms with Gasteiger partial charge in [-0.3, -0.25) is 14.5 Å². The number of carbonyl (C=O) groups is 1. The molecule has 2 heterocycles. The van der Waals surface area contributed by atoms with Gasteiger partial charge in [0.05, 0.1) is 11.8 Å². The summed E-state index contributed by atoms with van der Waals surface area (Å²) in [5, 5.41) is 3.97. The second-order valence-corrected chi connectivity index (χ2v) is 4.43. The fourth-order valence-corrected chi connectivity index (χ4v) is 1.82. The van der Waals surface area contributed by atoms with Crippen LogP contribution in [0.2, 0.25) is 0 Å². The van der Waals surface area contributed by atoms with Gasteiger partial charge in [-0.05, 0) is 27.6 Å². The van der Waals surface area contributed by atoms with E-state index in [2.05, 4.69) is 26.0 Å². The molecule has 0 radical (unpaired) electrons. The summed E-state index contributed by atoms with van der Waals surface area (Å²) in [7, 11) is 1.79. The lowest BCUT2D eigenvalue weighted by Crippen LogP contribution is -2.02. The Balaban J connectivity index is 2.13. The molecule has 0 saturated heterocycles. The number of pyridine rings is 1. The first-order chi connectivity index (χ1) is 7.65. The highest BCUT2D eigenvalue weighted by Crippen LogP contribution is 2.12. The van der Waals surface area contributed by atoms with E-state index in [9.17, 15) is 4.79 Å². The summed E-state index contributed by atoms with van der Waals surface area (Å²) in [6, 6.07) is 1.89. The Morgan fingerprint density at radius 2 is 2.25 bits per heavy atom. The molecule has 2 aromatic heterocycles. The Bertz CT molecular complexity index is 521. The van der Waals surface area contributed by atoms with Crippen molar-refractivity contribution >= 4 is 21.7 Å². The molecule has 0 aliphatic heterocycles. The van der Waals surface area contributed by atoms with Crippen molar-refractivity contribution in [1.29, 1.82) is 0 Å². The smallest absolute Gasteiger partial charge is 0.170 e. The van der Waals surface area contributed by atoms with Gasteiger partial charge in [0.1, 0.15) is 0 Å². The molecule has 0 aliphatic carbocycles. The summed E-state index contributed by atoms with van der Waals surface area (Å²) in [6.45, 7) is 0. The third-order valence-corrected chi connectivity index (χ3v) is 2.59. The summed E-state index contributed by atoms with van der Waals surface area (Å²) >= 11 is 3.32. The molecule has 0 atom stereocenters. The zero-order chi connectivity index (χ0) is 11.5.